The molecule has 4 atom stereocenters. The average Bonchev–Trinajstić information content (AvgIpc) is 2.11. The van der Waals surface area contributed by atoms with Crippen LogP contribution in [0, 0.1) is 17.8 Å². The highest BCUT2D eigenvalue weighted by molar-refractivity contribution is 5.15. The summed E-state index contributed by atoms with van der Waals surface area (Å²) in [4.78, 5) is 0. The molecule has 0 spiro atoms. The molecule has 0 amide bonds. The topological polar surface area (TPSA) is 40.5 Å². The molecule has 0 saturated heterocycles. The summed E-state index contributed by atoms with van der Waals surface area (Å²) in [6, 6.07) is 0. The van der Waals surface area contributed by atoms with Gasteiger partial charge in [0.1, 0.15) is 0 Å². The molecule has 0 bridgehead atoms. The van der Waals surface area contributed by atoms with Crippen molar-refractivity contribution in [3.05, 3.63) is 0 Å². The maximum absolute atomic E-state index is 9.71. The van der Waals surface area contributed by atoms with Gasteiger partial charge >= 0.3 is 0 Å². The molecule has 2 rings (SSSR count). The average molecular weight is 200 g/mol. The van der Waals surface area contributed by atoms with Crippen molar-refractivity contribution in [1.82, 2.24) is 0 Å². The lowest BCUT2D eigenvalue weighted by Crippen LogP contribution is -2.71. The molecule has 0 radical (unpaired) electrons. The van der Waals surface area contributed by atoms with E-state index in [1.54, 1.807) is 0 Å². The normalized spacial score (nSPS) is 44.4. The second kappa shape index (κ2) is 4.19. The first-order valence-electron chi connectivity index (χ1n) is 5.87. The number of aliphatic hydroxyl groups excluding tert-OH is 1. The van der Waals surface area contributed by atoms with Crippen LogP contribution in [-0.2, 0) is 0 Å². The fraction of sp³-hybridized carbons (Fsp3) is 1.00. The third-order valence-electron chi connectivity index (χ3n) is 3.63. The van der Waals surface area contributed by atoms with Crippen LogP contribution in [0.15, 0.2) is 0 Å². The summed E-state index contributed by atoms with van der Waals surface area (Å²) in [5.74, 6) is 1.72. The van der Waals surface area contributed by atoms with Crippen LogP contribution in [-0.4, -0.2) is 21.9 Å². The van der Waals surface area contributed by atoms with Crippen molar-refractivity contribution in [2.45, 2.75) is 58.7 Å². The Balaban J connectivity index is 0.000000293. The second-order valence-corrected chi connectivity index (χ2v) is 5.17. The summed E-state index contributed by atoms with van der Waals surface area (Å²) >= 11 is 0. The maximum atomic E-state index is 9.71. The molecule has 14 heavy (non-hydrogen) atoms. The molecule has 2 aliphatic carbocycles. The molecule has 0 aromatic carbocycles. The van der Waals surface area contributed by atoms with E-state index < -0.39 is 11.7 Å². The summed E-state index contributed by atoms with van der Waals surface area (Å²) < 4.78 is 0. The molecule has 2 saturated carbocycles. The monoisotopic (exact) mass is 200 g/mol. The lowest BCUT2D eigenvalue weighted by Gasteiger charge is -2.64. The first kappa shape index (κ1) is 12.0. The lowest BCUT2D eigenvalue weighted by atomic mass is 9.46. The van der Waals surface area contributed by atoms with Crippen molar-refractivity contribution in [3.63, 3.8) is 0 Å². The quantitative estimate of drug-likeness (QED) is 0.681. The standard InChI is InChI=1S/C9H16O2.C3H8/c1-5(2)6-4-9(11)7(6)3-8(9)10;1-3-2/h5-8,10-11H,3-4H2,1-2H3;3H2,1-2H3. The Bertz CT molecular complexity index is 191. The molecular weight excluding hydrogens is 176 g/mol. The fourth-order valence-corrected chi connectivity index (χ4v) is 2.63. The van der Waals surface area contributed by atoms with Gasteiger partial charge in [-0.1, -0.05) is 34.1 Å². The zero-order valence-electron chi connectivity index (χ0n) is 9.83. The number of hydrogen-bond donors (Lipinski definition) is 2. The Hall–Kier alpha value is -0.0800. The van der Waals surface area contributed by atoms with Crippen LogP contribution in [0.1, 0.15) is 47.0 Å². The van der Waals surface area contributed by atoms with Crippen molar-refractivity contribution in [2.24, 2.45) is 17.8 Å². The van der Waals surface area contributed by atoms with Crippen molar-refractivity contribution in [1.29, 1.82) is 0 Å². The first-order valence-corrected chi connectivity index (χ1v) is 5.87. The zero-order valence-corrected chi connectivity index (χ0v) is 9.83. The molecule has 2 fully saturated rings. The third-order valence-corrected chi connectivity index (χ3v) is 3.63. The van der Waals surface area contributed by atoms with Crippen molar-refractivity contribution < 1.29 is 10.2 Å². The van der Waals surface area contributed by atoms with Crippen LogP contribution in [0.25, 0.3) is 0 Å². The second-order valence-electron chi connectivity index (χ2n) is 5.17. The number of fused-ring (bicyclic) bond motifs is 1. The predicted octanol–water partition coefficient (Wildman–Crippen LogP) is 2.19. The molecule has 0 aromatic rings. The van der Waals surface area contributed by atoms with Crippen molar-refractivity contribution in [3.8, 4) is 0 Å². The van der Waals surface area contributed by atoms with E-state index >= 15 is 0 Å². The van der Waals surface area contributed by atoms with Gasteiger partial charge in [0.25, 0.3) is 0 Å². The highest BCUT2D eigenvalue weighted by Crippen LogP contribution is 2.59. The van der Waals surface area contributed by atoms with Gasteiger partial charge in [0.05, 0.1) is 11.7 Å². The van der Waals surface area contributed by atoms with Gasteiger partial charge in [-0.05, 0) is 30.6 Å². The van der Waals surface area contributed by atoms with E-state index in [0.717, 1.165) is 12.8 Å². The van der Waals surface area contributed by atoms with E-state index in [-0.39, 0.29) is 0 Å². The van der Waals surface area contributed by atoms with Gasteiger partial charge < -0.3 is 10.2 Å². The third kappa shape index (κ3) is 1.70. The molecule has 2 heteroatoms. The minimum atomic E-state index is -0.672. The Labute approximate surface area is 87.3 Å². The number of hydrogen-bond acceptors (Lipinski definition) is 2. The van der Waals surface area contributed by atoms with E-state index in [1.807, 2.05) is 0 Å². The highest BCUT2D eigenvalue weighted by atomic mass is 16.3. The Morgan fingerprint density at radius 3 is 2.07 bits per heavy atom. The molecule has 0 heterocycles. The summed E-state index contributed by atoms with van der Waals surface area (Å²) in [5.41, 5.74) is -0.672. The number of aliphatic hydroxyl groups is 2. The van der Waals surface area contributed by atoms with E-state index in [2.05, 4.69) is 27.7 Å². The van der Waals surface area contributed by atoms with Gasteiger partial charge in [0.2, 0.25) is 0 Å². The summed E-state index contributed by atoms with van der Waals surface area (Å²) in [7, 11) is 0. The fourth-order valence-electron chi connectivity index (χ4n) is 2.63. The van der Waals surface area contributed by atoms with Gasteiger partial charge in [-0.15, -0.1) is 0 Å². The molecule has 0 aromatic heterocycles. The molecule has 4 unspecified atom stereocenters. The smallest absolute Gasteiger partial charge is 0.0940 e. The molecule has 2 nitrogen and oxygen atoms in total. The van der Waals surface area contributed by atoms with Crippen molar-refractivity contribution >= 4 is 0 Å². The summed E-state index contributed by atoms with van der Waals surface area (Å²) in [6.07, 6.45) is 2.46. The van der Waals surface area contributed by atoms with Crippen LogP contribution in [0.3, 0.4) is 0 Å². The van der Waals surface area contributed by atoms with Crippen LogP contribution in [0.4, 0.5) is 0 Å². The predicted molar refractivity (Wildman–Crippen MR) is 58.0 cm³/mol. The van der Waals surface area contributed by atoms with Crippen LogP contribution < -0.4 is 0 Å². The molecule has 84 valence electrons. The van der Waals surface area contributed by atoms with E-state index in [9.17, 15) is 10.2 Å². The van der Waals surface area contributed by atoms with E-state index in [4.69, 9.17) is 0 Å². The van der Waals surface area contributed by atoms with Gasteiger partial charge in [-0.2, -0.15) is 0 Å². The Morgan fingerprint density at radius 1 is 1.36 bits per heavy atom. The van der Waals surface area contributed by atoms with Crippen molar-refractivity contribution in [2.75, 3.05) is 0 Å². The van der Waals surface area contributed by atoms with Crippen LogP contribution >= 0.6 is 0 Å². The maximum Gasteiger partial charge on any atom is 0.0940 e. The number of rotatable bonds is 1. The summed E-state index contributed by atoms with van der Waals surface area (Å²) in [5, 5.41) is 19.0. The molecular formula is C12H24O2. The van der Waals surface area contributed by atoms with Gasteiger partial charge in [-0.3, -0.25) is 0 Å². The molecule has 2 aliphatic rings. The molecule has 0 aliphatic heterocycles. The largest absolute Gasteiger partial charge is 0.390 e. The van der Waals surface area contributed by atoms with E-state index in [0.29, 0.717) is 17.8 Å². The van der Waals surface area contributed by atoms with Crippen LogP contribution in [0.2, 0.25) is 0 Å². The van der Waals surface area contributed by atoms with Gasteiger partial charge in [0, 0.05) is 0 Å². The minimum Gasteiger partial charge on any atom is -0.390 e. The Morgan fingerprint density at radius 2 is 1.86 bits per heavy atom. The summed E-state index contributed by atoms with van der Waals surface area (Å²) in [6.45, 7) is 8.63. The zero-order chi connectivity index (χ0) is 10.9. The van der Waals surface area contributed by atoms with E-state index in [1.165, 1.54) is 6.42 Å². The lowest BCUT2D eigenvalue weighted by molar-refractivity contribution is -0.284. The van der Waals surface area contributed by atoms with Crippen LogP contribution in [0.5, 0.6) is 0 Å². The minimum absolute atomic E-state index is 0.400. The van der Waals surface area contributed by atoms with Gasteiger partial charge in [-0.25, -0.2) is 0 Å². The highest BCUT2D eigenvalue weighted by Gasteiger charge is 2.65. The van der Waals surface area contributed by atoms with Gasteiger partial charge in [0.15, 0.2) is 0 Å². The Kier molecular flexibility index (Phi) is 3.59. The SMILES string of the molecule is CC(C)C1CC2(O)C(O)CC12.CCC. The first-order chi connectivity index (χ1) is 6.47. The molecule has 2 N–H and O–H groups in total.